The van der Waals surface area contributed by atoms with E-state index in [0.717, 1.165) is 16.7 Å². The maximum absolute atomic E-state index is 12.0. The summed E-state index contributed by atoms with van der Waals surface area (Å²) in [6, 6.07) is 22.1. The van der Waals surface area contributed by atoms with Crippen LogP contribution in [0.4, 0.5) is 0 Å². The SMILES string of the molecule is COC(=O)[C@@H](Cc1ccc(-c2ccc3ccc4cccc5ccc2c3c45)o1)NC(C)=O. The lowest BCUT2D eigenvalue weighted by atomic mass is 9.91. The fourth-order valence-corrected chi connectivity index (χ4v) is 4.36. The first-order chi connectivity index (χ1) is 15.0. The second kappa shape index (κ2) is 7.43. The Morgan fingerprint density at radius 2 is 1.58 bits per heavy atom. The molecule has 1 heterocycles. The molecule has 1 aromatic heterocycles. The standard InChI is InChI=1S/C26H21NO4/c1-15(28)27-22(26(29)30-2)14-19-10-13-23(31-19)20-11-8-18-7-6-16-4-3-5-17-9-12-21(20)25(18)24(16)17/h3-13,22H,14H2,1-2H3,(H,27,28)/t22-/m1/s1. The summed E-state index contributed by atoms with van der Waals surface area (Å²) in [7, 11) is 1.30. The van der Waals surface area contributed by atoms with Crippen LogP contribution in [0.2, 0.25) is 0 Å². The molecule has 154 valence electrons. The molecule has 0 aliphatic rings. The minimum absolute atomic E-state index is 0.220. The van der Waals surface area contributed by atoms with E-state index >= 15 is 0 Å². The van der Waals surface area contributed by atoms with E-state index in [0.29, 0.717) is 5.76 Å². The molecule has 31 heavy (non-hydrogen) atoms. The number of ether oxygens (including phenoxy) is 1. The molecular formula is C26H21NO4. The van der Waals surface area contributed by atoms with E-state index in [9.17, 15) is 9.59 Å². The topological polar surface area (TPSA) is 68.5 Å². The molecule has 5 heteroatoms. The lowest BCUT2D eigenvalue weighted by Gasteiger charge is -2.14. The smallest absolute Gasteiger partial charge is 0.328 e. The van der Waals surface area contributed by atoms with Gasteiger partial charge in [0.1, 0.15) is 17.6 Å². The van der Waals surface area contributed by atoms with Crippen molar-refractivity contribution in [2.75, 3.05) is 7.11 Å². The van der Waals surface area contributed by atoms with Crippen LogP contribution in [0.15, 0.2) is 71.1 Å². The zero-order chi connectivity index (χ0) is 21.5. The van der Waals surface area contributed by atoms with Crippen molar-refractivity contribution in [1.29, 1.82) is 0 Å². The highest BCUT2D eigenvalue weighted by Gasteiger charge is 2.23. The van der Waals surface area contributed by atoms with E-state index in [1.165, 1.54) is 41.0 Å². The Hall–Kier alpha value is -3.86. The highest BCUT2D eigenvalue weighted by Crippen LogP contribution is 2.39. The highest BCUT2D eigenvalue weighted by molar-refractivity contribution is 6.25. The lowest BCUT2D eigenvalue weighted by molar-refractivity contribution is -0.144. The van der Waals surface area contributed by atoms with Gasteiger partial charge in [-0.3, -0.25) is 4.79 Å². The van der Waals surface area contributed by atoms with Gasteiger partial charge < -0.3 is 14.5 Å². The third-order valence-corrected chi connectivity index (χ3v) is 5.72. The number of carbonyl (C=O) groups is 2. The molecule has 5 rings (SSSR count). The summed E-state index contributed by atoms with van der Waals surface area (Å²) in [5.41, 5.74) is 0.992. The van der Waals surface area contributed by atoms with Crippen LogP contribution in [0.25, 0.3) is 43.6 Å². The Morgan fingerprint density at radius 3 is 2.29 bits per heavy atom. The van der Waals surface area contributed by atoms with Gasteiger partial charge in [-0.2, -0.15) is 0 Å². The molecule has 0 spiro atoms. The Kier molecular flexibility index (Phi) is 4.59. The van der Waals surface area contributed by atoms with Gasteiger partial charge in [0, 0.05) is 18.9 Å². The molecule has 0 saturated heterocycles. The number of nitrogens with one attached hydrogen (secondary N) is 1. The molecule has 0 aliphatic carbocycles. The number of methoxy groups -OCH3 is 1. The van der Waals surface area contributed by atoms with Crippen molar-refractivity contribution in [3.05, 3.63) is 72.5 Å². The first-order valence-corrected chi connectivity index (χ1v) is 10.2. The quantitative estimate of drug-likeness (QED) is 0.324. The van der Waals surface area contributed by atoms with Crippen molar-refractivity contribution in [1.82, 2.24) is 5.32 Å². The zero-order valence-electron chi connectivity index (χ0n) is 17.3. The van der Waals surface area contributed by atoms with E-state index in [4.69, 9.17) is 9.15 Å². The fraction of sp³-hybridized carbons (Fsp3) is 0.154. The molecule has 0 aliphatic heterocycles. The van der Waals surface area contributed by atoms with E-state index < -0.39 is 12.0 Å². The average molecular weight is 411 g/mol. The Morgan fingerprint density at radius 1 is 0.903 bits per heavy atom. The fourth-order valence-electron chi connectivity index (χ4n) is 4.36. The molecule has 1 atom stereocenters. The predicted molar refractivity (Wildman–Crippen MR) is 121 cm³/mol. The van der Waals surface area contributed by atoms with Crippen molar-refractivity contribution >= 4 is 44.2 Å². The van der Waals surface area contributed by atoms with Crippen molar-refractivity contribution in [3.63, 3.8) is 0 Å². The van der Waals surface area contributed by atoms with Crippen molar-refractivity contribution in [3.8, 4) is 11.3 Å². The molecule has 0 saturated carbocycles. The average Bonchev–Trinajstić information content (AvgIpc) is 3.24. The Balaban J connectivity index is 1.58. The van der Waals surface area contributed by atoms with Gasteiger partial charge in [-0.05, 0) is 50.5 Å². The number of carbonyl (C=O) groups excluding carboxylic acids is 2. The van der Waals surface area contributed by atoms with Crippen LogP contribution in [-0.4, -0.2) is 25.0 Å². The van der Waals surface area contributed by atoms with Crippen LogP contribution in [0.1, 0.15) is 12.7 Å². The van der Waals surface area contributed by atoms with E-state index in [2.05, 4.69) is 59.9 Å². The van der Waals surface area contributed by atoms with Crippen LogP contribution >= 0.6 is 0 Å². The lowest BCUT2D eigenvalue weighted by Crippen LogP contribution is -2.41. The minimum Gasteiger partial charge on any atom is -0.467 e. The van der Waals surface area contributed by atoms with Gasteiger partial charge in [0.05, 0.1) is 7.11 Å². The summed E-state index contributed by atoms with van der Waals surface area (Å²) in [5, 5.41) is 9.82. The first kappa shape index (κ1) is 19.1. The maximum Gasteiger partial charge on any atom is 0.328 e. The Labute approximate surface area is 178 Å². The molecular weight excluding hydrogens is 390 g/mol. The van der Waals surface area contributed by atoms with Crippen LogP contribution in [0, 0.1) is 0 Å². The second-order valence-electron chi connectivity index (χ2n) is 7.72. The highest BCUT2D eigenvalue weighted by atomic mass is 16.5. The minimum atomic E-state index is -0.789. The number of furan rings is 1. The van der Waals surface area contributed by atoms with Crippen LogP contribution in [0.5, 0.6) is 0 Å². The number of esters is 1. The summed E-state index contributed by atoms with van der Waals surface area (Å²) in [5.74, 6) is 0.522. The molecule has 4 aromatic carbocycles. The van der Waals surface area contributed by atoms with Crippen molar-refractivity contribution in [2.45, 2.75) is 19.4 Å². The van der Waals surface area contributed by atoms with Gasteiger partial charge in [0.2, 0.25) is 5.91 Å². The summed E-state index contributed by atoms with van der Waals surface area (Å²) in [6.45, 7) is 1.37. The third kappa shape index (κ3) is 3.28. The molecule has 0 radical (unpaired) electrons. The number of rotatable bonds is 5. The van der Waals surface area contributed by atoms with E-state index in [1.807, 2.05) is 12.1 Å². The molecule has 1 N–H and O–H groups in total. The predicted octanol–water partition coefficient (Wildman–Crippen LogP) is 5.06. The largest absolute Gasteiger partial charge is 0.467 e. The molecule has 0 bridgehead atoms. The van der Waals surface area contributed by atoms with Gasteiger partial charge in [-0.15, -0.1) is 0 Å². The number of hydrogen-bond donors (Lipinski definition) is 1. The van der Waals surface area contributed by atoms with Crippen molar-refractivity contribution < 1.29 is 18.7 Å². The van der Waals surface area contributed by atoms with Crippen LogP contribution < -0.4 is 5.32 Å². The van der Waals surface area contributed by atoms with E-state index in [-0.39, 0.29) is 12.3 Å². The van der Waals surface area contributed by atoms with Gasteiger partial charge in [0.25, 0.3) is 0 Å². The second-order valence-corrected chi connectivity index (χ2v) is 7.72. The molecule has 1 amide bonds. The maximum atomic E-state index is 12.0. The number of hydrogen-bond acceptors (Lipinski definition) is 4. The molecule has 5 nitrogen and oxygen atoms in total. The molecule has 5 aromatic rings. The van der Waals surface area contributed by atoms with Gasteiger partial charge in [0.15, 0.2) is 0 Å². The molecule has 0 fully saturated rings. The van der Waals surface area contributed by atoms with Gasteiger partial charge in [-0.1, -0.05) is 48.5 Å². The zero-order valence-corrected chi connectivity index (χ0v) is 17.3. The van der Waals surface area contributed by atoms with E-state index in [1.54, 1.807) is 0 Å². The van der Waals surface area contributed by atoms with Gasteiger partial charge >= 0.3 is 5.97 Å². The number of benzene rings is 4. The summed E-state index contributed by atoms with van der Waals surface area (Å²) < 4.78 is 10.9. The summed E-state index contributed by atoms with van der Waals surface area (Å²) in [6.07, 6.45) is 0.220. The Bertz CT molecular complexity index is 1420. The van der Waals surface area contributed by atoms with Crippen LogP contribution in [-0.2, 0) is 20.7 Å². The van der Waals surface area contributed by atoms with Gasteiger partial charge in [-0.25, -0.2) is 4.79 Å². The first-order valence-electron chi connectivity index (χ1n) is 10.2. The molecule has 0 unspecified atom stereocenters. The van der Waals surface area contributed by atoms with Crippen LogP contribution in [0.3, 0.4) is 0 Å². The third-order valence-electron chi connectivity index (χ3n) is 5.72. The van der Waals surface area contributed by atoms with Crippen molar-refractivity contribution in [2.24, 2.45) is 0 Å². The summed E-state index contributed by atoms with van der Waals surface area (Å²) >= 11 is 0. The number of amides is 1. The monoisotopic (exact) mass is 411 g/mol. The summed E-state index contributed by atoms with van der Waals surface area (Å²) in [4.78, 5) is 23.5. The normalized spacial score (nSPS) is 12.5.